The van der Waals surface area contributed by atoms with Gasteiger partial charge >= 0.3 is 0 Å². The van der Waals surface area contributed by atoms with E-state index in [0.717, 1.165) is 5.56 Å². The van der Waals surface area contributed by atoms with Crippen molar-refractivity contribution < 1.29 is 13.2 Å². The molecule has 0 aliphatic heterocycles. The number of nitrogens with two attached hydrogens (primary N) is 1. The molecule has 1 aromatic rings. The smallest absolute Gasteiger partial charge is 0.240 e. The van der Waals surface area contributed by atoms with Crippen molar-refractivity contribution >= 4 is 27.5 Å². The molecule has 0 unspecified atom stereocenters. The zero-order chi connectivity index (χ0) is 14.3. The number of carbonyl (C=O) groups excluding carboxylic acids is 1. The Bertz CT molecular complexity index is 532. The van der Waals surface area contributed by atoms with Crippen LogP contribution >= 0.6 is 11.6 Å². The molecular weight excluding hydrogens is 288 g/mol. The van der Waals surface area contributed by atoms with Crippen molar-refractivity contribution in [1.82, 2.24) is 4.72 Å². The Morgan fingerprint density at radius 2 is 2.05 bits per heavy atom. The average Bonchev–Trinajstić information content (AvgIpc) is 2.38. The topological polar surface area (TPSA) is 89.3 Å². The number of alkyl halides is 1. The molecule has 106 valence electrons. The summed E-state index contributed by atoms with van der Waals surface area (Å²) in [5, 5.41) is 0. The summed E-state index contributed by atoms with van der Waals surface area (Å²) in [6.45, 7) is 0.278. The van der Waals surface area contributed by atoms with E-state index in [-0.39, 0.29) is 29.6 Å². The quantitative estimate of drug-likeness (QED) is 0.561. The van der Waals surface area contributed by atoms with E-state index in [1.807, 2.05) is 0 Å². The van der Waals surface area contributed by atoms with Crippen LogP contribution in [0.15, 0.2) is 29.2 Å². The van der Waals surface area contributed by atoms with Gasteiger partial charge in [0.1, 0.15) is 0 Å². The molecule has 0 saturated heterocycles. The highest BCUT2D eigenvalue weighted by Crippen LogP contribution is 2.13. The van der Waals surface area contributed by atoms with Gasteiger partial charge in [-0.1, -0.05) is 12.1 Å². The first kappa shape index (κ1) is 15.9. The van der Waals surface area contributed by atoms with Gasteiger partial charge in [-0.05, 0) is 30.5 Å². The van der Waals surface area contributed by atoms with Gasteiger partial charge in [0.15, 0.2) is 0 Å². The van der Waals surface area contributed by atoms with E-state index in [0.29, 0.717) is 12.8 Å². The zero-order valence-electron chi connectivity index (χ0n) is 10.4. The summed E-state index contributed by atoms with van der Waals surface area (Å²) in [5.41, 5.74) is 5.74. The molecule has 7 heteroatoms. The lowest BCUT2D eigenvalue weighted by atomic mass is 10.2. The van der Waals surface area contributed by atoms with Crippen LogP contribution in [-0.2, 0) is 20.7 Å². The summed E-state index contributed by atoms with van der Waals surface area (Å²) in [7, 11) is -3.52. The Morgan fingerprint density at radius 3 is 2.68 bits per heavy atom. The highest BCUT2D eigenvalue weighted by molar-refractivity contribution is 7.89. The number of primary amides is 1. The van der Waals surface area contributed by atoms with Gasteiger partial charge in [-0.2, -0.15) is 0 Å². The molecule has 19 heavy (non-hydrogen) atoms. The minimum absolute atomic E-state index is 0.195. The lowest BCUT2D eigenvalue weighted by Crippen LogP contribution is -2.25. The molecule has 0 radical (unpaired) electrons. The molecule has 0 aliphatic carbocycles. The largest absolute Gasteiger partial charge is 0.370 e. The van der Waals surface area contributed by atoms with Crippen LogP contribution in [-0.4, -0.2) is 20.9 Å². The summed E-state index contributed by atoms with van der Waals surface area (Å²) >= 11 is 5.67. The molecule has 1 amide bonds. The third-order valence-electron chi connectivity index (χ3n) is 2.51. The zero-order valence-corrected chi connectivity index (χ0v) is 12.0. The van der Waals surface area contributed by atoms with Crippen molar-refractivity contribution in [3.8, 4) is 0 Å². The maximum Gasteiger partial charge on any atom is 0.240 e. The number of carbonyl (C=O) groups is 1. The Labute approximate surface area is 118 Å². The number of amides is 1. The predicted molar refractivity (Wildman–Crippen MR) is 74.2 cm³/mol. The van der Waals surface area contributed by atoms with Crippen molar-refractivity contribution in [2.45, 2.75) is 30.0 Å². The van der Waals surface area contributed by atoms with Crippen molar-refractivity contribution in [3.63, 3.8) is 0 Å². The molecule has 0 aliphatic rings. The lowest BCUT2D eigenvalue weighted by molar-refractivity contribution is -0.118. The van der Waals surface area contributed by atoms with Gasteiger partial charge in [0.25, 0.3) is 0 Å². The molecule has 0 saturated carbocycles. The van der Waals surface area contributed by atoms with Crippen molar-refractivity contribution in [1.29, 1.82) is 0 Å². The second-order valence-electron chi connectivity index (χ2n) is 4.10. The van der Waals surface area contributed by atoms with E-state index < -0.39 is 10.0 Å². The molecule has 0 atom stereocenters. The van der Waals surface area contributed by atoms with Crippen LogP contribution < -0.4 is 10.5 Å². The minimum atomic E-state index is -3.52. The monoisotopic (exact) mass is 304 g/mol. The number of nitrogens with one attached hydrogen (secondary N) is 1. The van der Waals surface area contributed by atoms with E-state index in [1.54, 1.807) is 18.2 Å². The summed E-state index contributed by atoms with van der Waals surface area (Å²) in [5.74, 6) is -0.111. The number of benzene rings is 1. The Hall–Kier alpha value is -1.11. The van der Waals surface area contributed by atoms with E-state index in [1.165, 1.54) is 6.07 Å². The first-order valence-corrected chi connectivity index (χ1v) is 7.90. The number of sulfonamides is 1. The van der Waals surface area contributed by atoms with Crippen LogP contribution in [0.1, 0.15) is 24.8 Å². The molecule has 5 nitrogen and oxygen atoms in total. The number of hydrogen-bond acceptors (Lipinski definition) is 3. The van der Waals surface area contributed by atoms with Gasteiger partial charge in [-0.15, -0.1) is 11.6 Å². The Kier molecular flexibility index (Phi) is 6.27. The van der Waals surface area contributed by atoms with Crippen molar-refractivity contribution in [2.24, 2.45) is 5.73 Å². The number of rotatable bonds is 8. The highest BCUT2D eigenvalue weighted by Gasteiger charge is 2.13. The summed E-state index contributed by atoms with van der Waals surface area (Å²) in [4.78, 5) is 10.7. The fourth-order valence-corrected chi connectivity index (χ4v) is 2.82. The fraction of sp³-hybridized carbons (Fsp3) is 0.417. The normalized spacial score (nSPS) is 11.4. The van der Waals surface area contributed by atoms with Gasteiger partial charge in [-0.25, -0.2) is 13.1 Å². The Morgan fingerprint density at radius 1 is 1.32 bits per heavy atom. The summed E-state index contributed by atoms with van der Waals surface area (Å²) in [6.07, 6.45) is 1.40. The van der Waals surface area contributed by atoms with Gasteiger partial charge in [0, 0.05) is 18.8 Å². The number of unbranched alkanes of at least 4 members (excludes halogenated alkanes) is 1. The third-order valence-corrected chi connectivity index (χ3v) is 4.27. The van der Waals surface area contributed by atoms with Crippen LogP contribution in [0, 0.1) is 0 Å². The predicted octanol–water partition coefficient (Wildman–Crippen LogP) is 1.36. The first-order valence-electron chi connectivity index (χ1n) is 5.88. The van der Waals surface area contributed by atoms with Crippen LogP contribution in [0.2, 0.25) is 0 Å². The van der Waals surface area contributed by atoms with Crippen LogP contribution in [0.5, 0.6) is 0 Å². The molecule has 0 heterocycles. The summed E-state index contributed by atoms with van der Waals surface area (Å²) in [6, 6.07) is 6.47. The van der Waals surface area contributed by atoms with E-state index in [9.17, 15) is 13.2 Å². The van der Waals surface area contributed by atoms with Gasteiger partial charge in [0.2, 0.25) is 15.9 Å². The fourth-order valence-electron chi connectivity index (χ4n) is 1.51. The summed E-state index contributed by atoms with van der Waals surface area (Å²) < 4.78 is 26.4. The first-order chi connectivity index (χ1) is 8.95. The van der Waals surface area contributed by atoms with Crippen LogP contribution in [0.3, 0.4) is 0 Å². The molecule has 1 rings (SSSR count). The second-order valence-corrected chi connectivity index (χ2v) is 6.14. The third kappa shape index (κ3) is 5.59. The second kappa shape index (κ2) is 7.47. The van der Waals surface area contributed by atoms with Crippen LogP contribution in [0.4, 0.5) is 0 Å². The van der Waals surface area contributed by atoms with Gasteiger partial charge < -0.3 is 5.73 Å². The molecule has 1 aromatic carbocycles. The molecule has 0 aromatic heterocycles. The maximum atomic E-state index is 12.0. The standard InChI is InChI=1S/C12H17ClN2O3S/c13-9-10-4-3-5-11(8-10)19(17,18)15-7-2-1-6-12(14)16/h3-5,8,15H,1-2,6-7,9H2,(H2,14,16). The molecule has 0 bridgehead atoms. The molecular formula is C12H17ClN2O3S. The Balaban J connectivity index is 2.53. The van der Waals surface area contributed by atoms with Crippen LogP contribution in [0.25, 0.3) is 0 Å². The number of halogens is 1. The molecule has 3 N–H and O–H groups in total. The van der Waals surface area contributed by atoms with Gasteiger partial charge in [-0.3, -0.25) is 4.79 Å². The molecule has 0 spiro atoms. The SMILES string of the molecule is NC(=O)CCCCNS(=O)(=O)c1cccc(CCl)c1. The average molecular weight is 305 g/mol. The van der Waals surface area contributed by atoms with E-state index >= 15 is 0 Å². The van der Waals surface area contributed by atoms with Crippen molar-refractivity contribution in [2.75, 3.05) is 6.54 Å². The van der Waals surface area contributed by atoms with Crippen molar-refractivity contribution in [3.05, 3.63) is 29.8 Å². The lowest BCUT2D eigenvalue weighted by Gasteiger charge is -2.07. The maximum absolute atomic E-state index is 12.0. The van der Waals surface area contributed by atoms with E-state index in [4.69, 9.17) is 17.3 Å². The van der Waals surface area contributed by atoms with E-state index in [2.05, 4.69) is 4.72 Å². The highest BCUT2D eigenvalue weighted by atomic mass is 35.5. The number of hydrogen-bond donors (Lipinski definition) is 2. The minimum Gasteiger partial charge on any atom is -0.370 e. The van der Waals surface area contributed by atoms with Gasteiger partial charge in [0.05, 0.1) is 4.90 Å². The molecule has 0 fully saturated rings.